The maximum Gasteiger partial charge on any atom is 0.253 e. The highest BCUT2D eigenvalue weighted by Gasteiger charge is 2.39. The number of nitrogens with zero attached hydrogens (tertiary/aromatic N) is 1. The van der Waals surface area contributed by atoms with Crippen LogP contribution >= 0.6 is 0 Å². The van der Waals surface area contributed by atoms with Crippen LogP contribution in [-0.4, -0.2) is 29.3 Å². The number of ketones is 1. The molecule has 0 bridgehead atoms. The van der Waals surface area contributed by atoms with E-state index < -0.39 is 11.7 Å². The number of hydrogen-bond donors (Lipinski definition) is 3. The second kappa shape index (κ2) is 8.09. The first kappa shape index (κ1) is 21.5. The summed E-state index contributed by atoms with van der Waals surface area (Å²) in [5.74, 6) is -1.60. The molecule has 5 rings (SSSR count). The summed E-state index contributed by atoms with van der Waals surface area (Å²) in [4.78, 5) is 24.2. The van der Waals surface area contributed by atoms with Crippen molar-refractivity contribution in [2.75, 3.05) is 18.8 Å². The number of carbonyl (C=O) groups is 2. The molecule has 0 unspecified atom stereocenters. The van der Waals surface area contributed by atoms with Crippen molar-refractivity contribution >= 4 is 17.4 Å². The SMILES string of the molecule is C1CCNC1.CC1(C)CC(=O)c2c3c(n(-c4cc(N)c(C(N)=O)c(F)c4)c2C1)COC3. The molecular weight excluding hydrogens is 399 g/mol. The van der Waals surface area contributed by atoms with Crippen LogP contribution in [0, 0.1) is 11.2 Å². The third kappa shape index (κ3) is 3.97. The van der Waals surface area contributed by atoms with Crippen LogP contribution in [0.15, 0.2) is 12.1 Å². The lowest BCUT2D eigenvalue weighted by Crippen LogP contribution is -2.28. The Balaban J connectivity index is 0.000000407. The first-order valence-corrected chi connectivity index (χ1v) is 10.7. The van der Waals surface area contributed by atoms with Crippen LogP contribution < -0.4 is 16.8 Å². The van der Waals surface area contributed by atoms with E-state index in [1.54, 1.807) is 0 Å². The molecule has 8 heteroatoms. The Labute approximate surface area is 180 Å². The zero-order valence-electron chi connectivity index (χ0n) is 18.0. The summed E-state index contributed by atoms with van der Waals surface area (Å²) in [6, 6.07) is 2.76. The molecule has 1 amide bonds. The van der Waals surface area contributed by atoms with Gasteiger partial charge in [-0.1, -0.05) is 13.8 Å². The van der Waals surface area contributed by atoms with Crippen LogP contribution in [0.3, 0.4) is 0 Å². The van der Waals surface area contributed by atoms with E-state index in [-0.39, 0.29) is 22.4 Å². The summed E-state index contributed by atoms with van der Waals surface area (Å²) in [6.45, 7) is 7.29. The van der Waals surface area contributed by atoms with Crippen molar-refractivity contribution in [2.45, 2.75) is 52.7 Å². The number of Topliss-reactive ketones (excluding diaryl/α,β-unsaturated/α-hetero) is 1. The molecule has 2 aliphatic heterocycles. The van der Waals surface area contributed by atoms with Gasteiger partial charge in [0.1, 0.15) is 5.82 Å². The molecule has 0 atom stereocenters. The fourth-order valence-corrected chi connectivity index (χ4v) is 4.76. The molecule has 0 spiro atoms. The average Bonchev–Trinajstić information content (AvgIpc) is 3.38. The fraction of sp³-hybridized carbons (Fsp3) is 0.478. The Bertz CT molecular complexity index is 1020. The van der Waals surface area contributed by atoms with Gasteiger partial charge in [-0.2, -0.15) is 0 Å². The number of hydrogen-bond acceptors (Lipinski definition) is 5. The van der Waals surface area contributed by atoms with Gasteiger partial charge in [0.15, 0.2) is 5.78 Å². The summed E-state index contributed by atoms with van der Waals surface area (Å²) >= 11 is 0. The Morgan fingerprint density at radius 3 is 2.45 bits per heavy atom. The number of amides is 1. The molecule has 1 fully saturated rings. The van der Waals surface area contributed by atoms with E-state index in [0.29, 0.717) is 37.3 Å². The van der Waals surface area contributed by atoms with Gasteiger partial charge in [0.2, 0.25) is 0 Å². The van der Waals surface area contributed by atoms with Crippen molar-refractivity contribution in [3.8, 4) is 5.69 Å². The minimum atomic E-state index is -0.911. The number of rotatable bonds is 2. The van der Waals surface area contributed by atoms with Crippen molar-refractivity contribution in [1.82, 2.24) is 9.88 Å². The number of nitrogens with one attached hydrogen (secondary N) is 1. The average molecular weight is 429 g/mol. The number of aromatic nitrogens is 1. The first-order chi connectivity index (χ1) is 14.7. The highest BCUT2D eigenvalue weighted by Crippen LogP contribution is 2.42. The van der Waals surface area contributed by atoms with E-state index in [2.05, 4.69) is 5.32 Å². The van der Waals surface area contributed by atoms with Gasteiger partial charge in [0, 0.05) is 28.9 Å². The van der Waals surface area contributed by atoms with Crippen molar-refractivity contribution in [3.63, 3.8) is 0 Å². The molecule has 2 aromatic rings. The van der Waals surface area contributed by atoms with Crippen LogP contribution in [0.25, 0.3) is 5.69 Å². The minimum Gasteiger partial charge on any atom is -0.398 e. The summed E-state index contributed by atoms with van der Waals surface area (Å²) in [5, 5.41) is 3.22. The van der Waals surface area contributed by atoms with E-state index in [1.165, 1.54) is 38.1 Å². The van der Waals surface area contributed by atoms with E-state index in [9.17, 15) is 14.0 Å². The number of halogens is 1. The highest BCUT2D eigenvalue weighted by atomic mass is 19.1. The normalized spacial score (nSPS) is 18.9. The van der Waals surface area contributed by atoms with Gasteiger partial charge in [-0.25, -0.2) is 4.39 Å². The quantitative estimate of drug-likeness (QED) is 0.637. The lowest BCUT2D eigenvalue weighted by atomic mass is 9.75. The van der Waals surface area contributed by atoms with Gasteiger partial charge >= 0.3 is 0 Å². The molecule has 0 radical (unpaired) electrons. The Morgan fingerprint density at radius 2 is 1.87 bits per heavy atom. The van der Waals surface area contributed by atoms with Crippen LogP contribution in [0.2, 0.25) is 0 Å². The number of nitrogens with two attached hydrogens (primary N) is 2. The molecule has 5 N–H and O–H groups in total. The number of anilines is 1. The largest absolute Gasteiger partial charge is 0.398 e. The van der Waals surface area contributed by atoms with Crippen molar-refractivity contribution in [3.05, 3.63) is 46.0 Å². The Hall–Kier alpha value is -2.71. The van der Waals surface area contributed by atoms with E-state index in [1.807, 2.05) is 18.4 Å². The number of fused-ring (bicyclic) bond motifs is 3. The summed E-state index contributed by atoms with van der Waals surface area (Å²) in [7, 11) is 0. The Morgan fingerprint density at radius 1 is 1.16 bits per heavy atom. The second-order valence-corrected chi connectivity index (χ2v) is 9.23. The van der Waals surface area contributed by atoms with Gasteiger partial charge in [0.25, 0.3) is 5.91 Å². The molecule has 31 heavy (non-hydrogen) atoms. The lowest BCUT2D eigenvalue weighted by Gasteiger charge is -2.30. The second-order valence-electron chi connectivity index (χ2n) is 9.23. The molecule has 3 heterocycles. The predicted octanol–water partition coefficient (Wildman–Crippen LogP) is 2.85. The number of primary amides is 1. The van der Waals surface area contributed by atoms with Crippen LogP contribution in [0.5, 0.6) is 0 Å². The van der Waals surface area contributed by atoms with Gasteiger partial charge in [-0.05, 0) is 49.9 Å². The molecule has 166 valence electrons. The third-order valence-corrected chi connectivity index (χ3v) is 6.09. The Kier molecular flexibility index (Phi) is 5.61. The van der Waals surface area contributed by atoms with Crippen LogP contribution in [0.4, 0.5) is 10.1 Å². The van der Waals surface area contributed by atoms with Crippen LogP contribution in [0.1, 0.15) is 70.8 Å². The predicted molar refractivity (Wildman–Crippen MR) is 116 cm³/mol. The summed E-state index contributed by atoms with van der Waals surface area (Å²) in [6.07, 6.45) is 3.92. The lowest BCUT2D eigenvalue weighted by molar-refractivity contribution is 0.0900. The standard InChI is InChI=1S/C19H20FN3O3.C4H9N/c1-19(2)5-13-16(15(24)6-19)10-7-26-8-14(10)23(13)9-3-11(20)17(18(22)25)12(21)4-9;1-2-4-5-3-1/h3-4H,5-8,21H2,1-2H3,(H2,22,25);5H,1-4H2. The third-order valence-electron chi connectivity index (χ3n) is 6.09. The molecular formula is C23H29FN4O3. The van der Waals surface area contributed by atoms with Gasteiger partial charge in [0.05, 0.1) is 30.2 Å². The zero-order chi connectivity index (χ0) is 22.3. The number of nitrogen functional groups attached to an aromatic ring is 1. The molecule has 1 aliphatic carbocycles. The number of ether oxygens (including phenoxy) is 1. The summed E-state index contributed by atoms with van der Waals surface area (Å²) in [5.41, 5.74) is 14.3. The smallest absolute Gasteiger partial charge is 0.253 e. The van der Waals surface area contributed by atoms with Gasteiger partial charge in [-0.3, -0.25) is 9.59 Å². The molecule has 3 aliphatic rings. The summed E-state index contributed by atoms with van der Waals surface area (Å²) < 4.78 is 21.9. The maximum absolute atomic E-state index is 14.5. The molecule has 7 nitrogen and oxygen atoms in total. The van der Waals surface area contributed by atoms with Crippen LogP contribution in [-0.2, 0) is 24.4 Å². The molecule has 1 saturated heterocycles. The van der Waals surface area contributed by atoms with Crippen molar-refractivity contribution in [2.24, 2.45) is 11.1 Å². The van der Waals surface area contributed by atoms with E-state index in [0.717, 1.165) is 17.0 Å². The van der Waals surface area contributed by atoms with Gasteiger partial charge < -0.3 is 26.1 Å². The zero-order valence-corrected chi connectivity index (χ0v) is 18.0. The molecule has 0 saturated carbocycles. The topological polar surface area (TPSA) is 112 Å². The van der Waals surface area contributed by atoms with Crippen molar-refractivity contribution in [1.29, 1.82) is 0 Å². The van der Waals surface area contributed by atoms with E-state index >= 15 is 0 Å². The molecule has 1 aromatic carbocycles. The number of benzene rings is 1. The van der Waals surface area contributed by atoms with Crippen molar-refractivity contribution < 1.29 is 18.7 Å². The monoisotopic (exact) mass is 428 g/mol. The van der Waals surface area contributed by atoms with Gasteiger partial charge in [-0.15, -0.1) is 0 Å². The van der Waals surface area contributed by atoms with E-state index in [4.69, 9.17) is 16.2 Å². The first-order valence-electron chi connectivity index (χ1n) is 10.7. The minimum absolute atomic E-state index is 0.0241. The maximum atomic E-state index is 14.5. The highest BCUT2D eigenvalue weighted by molar-refractivity contribution is 6.01. The molecule has 1 aromatic heterocycles. The fourth-order valence-electron chi connectivity index (χ4n) is 4.76. The number of carbonyl (C=O) groups excluding carboxylic acids is 2.